The lowest BCUT2D eigenvalue weighted by atomic mass is 10.4. The lowest BCUT2D eigenvalue weighted by Gasteiger charge is -2.02. The average Bonchev–Trinajstić information content (AvgIpc) is 2.12. The molecule has 74 valence electrons. The summed E-state index contributed by atoms with van der Waals surface area (Å²) in [5, 5.41) is 5.01. The lowest BCUT2D eigenvalue weighted by molar-refractivity contribution is -0.123. The highest BCUT2D eigenvalue weighted by Crippen LogP contribution is 1.73. The fourth-order valence-corrected chi connectivity index (χ4v) is 0.747. The van der Waals surface area contributed by atoms with Crippen molar-refractivity contribution in [2.75, 3.05) is 18.8 Å². The summed E-state index contributed by atoms with van der Waals surface area (Å²) in [6.07, 6.45) is 2.98. The van der Waals surface area contributed by atoms with E-state index in [1.807, 2.05) is 0 Å². The molecule has 0 fully saturated rings. The van der Waals surface area contributed by atoms with Gasteiger partial charge < -0.3 is 10.6 Å². The molecule has 0 atom stereocenters. The minimum absolute atomic E-state index is 0.0109. The normalized spacial score (nSPS) is 10.0. The van der Waals surface area contributed by atoms with Gasteiger partial charge in [-0.05, 0) is 13.0 Å². The average molecular weight is 202 g/mol. The quantitative estimate of drug-likeness (QED) is 0.424. The van der Waals surface area contributed by atoms with Gasteiger partial charge in [0.05, 0.1) is 6.54 Å². The molecule has 2 amide bonds. The van der Waals surface area contributed by atoms with E-state index in [1.54, 1.807) is 13.0 Å². The first-order chi connectivity index (χ1) is 6.20. The minimum atomic E-state index is -0.261. The maximum absolute atomic E-state index is 10.9. The van der Waals surface area contributed by atoms with Crippen molar-refractivity contribution in [1.29, 1.82) is 0 Å². The number of carbonyl (C=O) groups excluding carboxylic acids is 2. The SMILES string of the molecule is C/C=C/C(=O)NCC(=O)NCCS. The van der Waals surface area contributed by atoms with Crippen molar-refractivity contribution in [1.82, 2.24) is 10.6 Å². The summed E-state index contributed by atoms with van der Waals surface area (Å²) in [5.41, 5.74) is 0. The highest BCUT2D eigenvalue weighted by molar-refractivity contribution is 7.80. The monoisotopic (exact) mass is 202 g/mol. The van der Waals surface area contributed by atoms with Crippen molar-refractivity contribution in [3.05, 3.63) is 12.2 Å². The first-order valence-electron chi connectivity index (χ1n) is 3.98. The highest BCUT2D eigenvalue weighted by atomic mass is 32.1. The van der Waals surface area contributed by atoms with Gasteiger partial charge in [-0.25, -0.2) is 0 Å². The molecule has 13 heavy (non-hydrogen) atoms. The number of hydrogen-bond donors (Lipinski definition) is 3. The first kappa shape index (κ1) is 12.0. The van der Waals surface area contributed by atoms with E-state index in [0.717, 1.165) is 0 Å². The molecule has 2 N–H and O–H groups in total. The Labute approximate surface area is 83.2 Å². The van der Waals surface area contributed by atoms with E-state index in [2.05, 4.69) is 23.3 Å². The van der Waals surface area contributed by atoms with Gasteiger partial charge in [0.25, 0.3) is 0 Å². The molecule has 0 saturated carbocycles. The molecule has 0 aliphatic carbocycles. The topological polar surface area (TPSA) is 58.2 Å². The van der Waals surface area contributed by atoms with Gasteiger partial charge in [0.1, 0.15) is 0 Å². The number of thiol groups is 1. The Balaban J connectivity index is 3.52. The Bertz CT molecular complexity index is 204. The van der Waals surface area contributed by atoms with E-state index in [4.69, 9.17) is 0 Å². The van der Waals surface area contributed by atoms with Crippen molar-refractivity contribution >= 4 is 24.4 Å². The first-order valence-corrected chi connectivity index (χ1v) is 4.62. The fraction of sp³-hybridized carbons (Fsp3) is 0.500. The number of rotatable bonds is 5. The molecule has 0 aliphatic heterocycles. The van der Waals surface area contributed by atoms with Crippen LogP contribution in [-0.2, 0) is 9.59 Å². The molecule has 0 unspecified atom stereocenters. The smallest absolute Gasteiger partial charge is 0.244 e. The summed E-state index contributed by atoms with van der Waals surface area (Å²) >= 11 is 3.92. The third-order valence-electron chi connectivity index (χ3n) is 1.18. The Morgan fingerprint density at radius 1 is 1.38 bits per heavy atom. The second kappa shape index (κ2) is 7.67. The van der Waals surface area contributed by atoms with E-state index >= 15 is 0 Å². The van der Waals surface area contributed by atoms with Crippen LogP contribution in [0.5, 0.6) is 0 Å². The molecule has 0 aromatic carbocycles. The summed E-state index contributed by atoms with van der Waals surface area (Å²) in [6, 6.07) is 0. The van der Waals surface area contributed by atoms with Gasteiger partial charge in [-0.15, -0.1) is 0 Å². The second-order valence-electron chi connectivity index (χ2n) is 2.29. The van der Waals surface area contributed by atoms with E-state index in [0.29, 0.717) is 12.3 Å². The van der Waals surface area contributed by atoms with Crippen molar-refractivity contribution in [2.45, 2.75) is 6.92 Å². The summed E-state index contributed by atoms with van der Waals surface area (Å²) in [7, 11) is 0. The van der Waals surface area contributed by atoms with Crippen molar-refractivity contribution in [3.8, 4) is 0 Å². The molecule has 0 aliphatic rings. The van der Waals surface area contributed by atoms with Crippen LogP contribution in [0.3, 0.4) is 0 Å². The Hall–Kier alpha value is -0.970. The molecule has 0 radical (unpaired) electrons. The van der Waals surface area contributed by atoms with Gasteiger partial charge in [0.2, 0.25) is 11.8 Å². The lowest BCUT2D eigenvalue weighted by Crippen LogP contribution is -2.36. The van der Waals surface area contributed by atoms with E-state index < -0.39 is 0 Å². The molecule has 5 heteroatoms. The van der Waals surface area contributed by atoms with E-state index in [-0.39, 0.29) is 18.4 Å². The standard InChI is InChI=1S/C8H14N2O2S/c1-2-3-7(11)10-6-8(12)9-4-5-13/h2-3,13H,4-6H2,1H3,(H,9,12)(H,10,11)/b3-2+. The summed E-state index contributed by atoms with van der Waals surface area (Å²) < 4.78 is 0. The van der Waals surface area contributed by atoms with Gasteiger partial charge in [-0.2, -0.15) is 12.6 Å². The highest BCUT2D eigenvalue weighted by Gasteiger charge is 2.00. The third kappa shape index (κ3) is 7.39. The predicted molar refractivity (Wildman–Crippen MR) is 54.7 cm³/mol. The molecule has 0 bridgehead atoms. The Kier molecular flexibility index (Phi) is 7.10. The molecule has 0 heterocycles. The van der Waals surface area contributed by atoms with Crippen molar-refractivity contribution in [3.63, 3.8) is 0 Å². The number of hydrogen-bond acceptors (Lipinski definition) is 3. The number of nitrogens with one attached hydrogen (secondary N) is 2. The van der Waals surface area contributed by atoms with Crippen LogP contribution >= 0.6 is 12.6 Å². The molecule has 0 spiro atoms. The van der Waals surface area contributed by atoms with Gasteiger partial charge >= 0.3 is 0 Å². The van der Waals surface area contributed by atoms with Gasteiger partial charge in [0.15, 0.2) is 0 Å². The maximum atomic E-state index is 10.9. The molecular weight excluding hydrogens is 188 g/mol. The molecule has 0 aromatic rings. The largest absolute Gasteiger partial charge is 0.354 e. The molecule has 0 rings (SSSR count). The number of allylic oxidation sites excluding steroid dienone is 1. The summed E-state index contributed by atoms with van der Waals surface area (Å²) in [6.45, 7) is 2.26. The van der Waals surface area contributed by atoms with E-state index in [1.165, 1.54) is 6.08 Å². The van der Waals surface area contributed by atoms with Crippen LogP contribution in [0.2, 0.25) is 0 Å². The predicted octanol–water partition coefficient (Wildman–Crippen LogP) is -0.275. The van der Waals surface area contributed by atoms with E-state index in [9.17, 15) is 9.59 Å². The summed E-state index contributed by atoms with van der Waals surface area (Å²) in [5.74, 6) is 0.129. The number of amides is 2. The zero-order valence-electron chi connectivity index (χ0n) is 7.54. The van der Waals surface area contributed by atoms with Crippen LogP contribution < -0.4 is 10.6 Å². The molecular formula is C8H14N2O2S. The maximum Gasteiger partial charge on any atom is 0.244 e. The molecule has 4 nitrogen and oxygen atoms in total. The molecule has 0 saturated heterocycles. The molecule has 0 aromatic heterocycles. The summed E-state index contributed by atoms with van der Waals surface area (Å²) in [4.78, 5) is 21.8. The second-order valence-corrected chi connectivity index (χ2v) is 2.74. The third-order valence-corrected chi connectivity index (χ3v) is 1.40. The van der Waals surface area contributed by atoms with Crippen LogP contribution in [0.4, 0.5) is 0 Å². The van der Waals surface area contributed by atoms with Crippen molar-refractivity contribution < 1.29 is 9.59 Å². The Morgan fingerprint density at radius 2 is 2.08 bits per heavy atom. The van der Waals surface area contributed by atoms with Crippen molar-refractivity contribution in [2.24, 2.45) is 0 Å². The van der Waals surface area contributed by atoms with Crippen LogP contribution in [0.15, 0.2) is 12.2 Å². The zero-order valence-corrected chi connectivity index (χ0v) is 8.43. The van der Waals surface area contributed by atoms with Crippen LogP contribution in [0.1, 0.15) is 6.92 Å². The van der Waals surface area contributed by atoms with Gasteiger partial charge in [-0.3, -0.25) is 9.59 Å². The zero-order chi connectivity index (χ0) is 10.1. The van der Waals surface area contributed by atoms with Gasteiger partial charge in [0, 0.05) is 12.3 Å². The van der Waals surface area contributed by atoms with Crippen LogP contribution in [0, 0.1) is 0 Å². The fourth-order valence-electron chi connectivity index (χ4n) is 0.636. The minimum Gasteiger partial charge on any atom is -0.354 e. The Morgan fingerprint density at radius 3 is 2.62 bits per heavy atom. The van der Waals surface area contributed by atoms with Gasteiger partial charge in [-0.1, -0.05) is 6.08 Å². The van der Waals surface area contributed by atoms with Crippen LogP contribution in [-0.4, -0.2) is 30.7 Å². The van der Waals surface area contributed by atoms with Crippen LogP contribution in [0.25, 0.3) is 0 Å². The number of carbonyl (C=O) groups is 2.